The number of aryl methyl sites for hydroxylation is 1. The van der Waals surface area contributed by atoms with Crippen LogP contribution in [0.25, 0.3) is 0 Å². The van der Waals surface area contributed by atoms with Crippen LogP contribution >= 0.6 is 0 Å². The van der Waals surface area contributed by atoms with Crippen LogP contribution in [0.15, 0.2) is 34.9 Å². The Kier molecular flexibility index (Phi) is 4.27. The van der Waals surface area contributed by atoms with Crippen molar-refractivity contribution < 1.29 is 23.6 Å². The van der Waals surface area contributed by atoms with E-state index in [2.05, 4.69) is 10.5 Å². The van der Waals surface area contributed by atoms with Crippen LogP contribution in [0.2, 0.25) is 0 Å². The van der Waals surface area contributed by atoms with Crippen molar-refractivity contribution in [3.8, 4) is 0 Å². The number of nitrogens with one attached hydrogen (secondary N) is 1. The Morgan fingerprint density at radius 2 is 2.00 bits per heavy atom. The third kappa shape index (κ3) is 2.94. The minimum atomic E-state index is -1.14. The van der Waals surface area contributed by atoms with Gasteiger partial charge in [0, 0.05) is 6.07 Å². The van der Waals surface area contributed by atoms with Gasteiger partial charge in [-0.2, -0.15) is 0 Å². The number of nitrogens with zero attached hydrogens (tertiary/aromatic N) is 2. The summed E-state index contributed by atoms with van der Waals surface area (Å²) < 4.78 is 10.1. The van der Waals surface area contributed by atoms with Gasteiger partial charge in [0.1, 0.15) is 5.54 Å². The molecule has 1 atom stereocenters. The molecule has 1 N–H and O–H groups in total. The van der Waals surface area contributed by atoms with E-state index in [1.165, 1.54) is 17.9 Å². The van der Waals surface area contributed by atoms with Crippen LogP contribution in [0.4, 0.5) is 11.4 Å². The van der Waals surface area contributed by atoms with Crippen molar-refractivity contribution >= 4 is 29.2 Å². The highest BCUT2D eigenvalue weighted by Crippen LogP contribution is 2.37. The average molecular weight is 357 g/mol. The van der Waals surface area contributed by atoms with Crippen molar-refractivity contribution in [1.29, 1.82) is 0 Å². The zero-order valence-corrected chi connectivity index (χ0v) is 14.9. The third-order valence-corrected chi connectivity index (χ3v) is 4.19. The number of amides is 2. The first-order valence-electron chi connectivity index (χ1n) is 8.10. The average Bonchev–Trinajstić information content (AvgIpc) is 3.02. The van der Waals surface area contributed by atoms with Crippen molar-refractivity contribution in [2.75, 3.05) is 10.2 Å². The fourth-order valence-corrected chi connectivity index (χ4v) is 2.76. The first-order chi connectivity index (χ1) is 12.2. The number of carbonyl (C=O) groups is 3. The highest BCUT2D eigenvalue weighted by molar-refractivity contribution is 6.15. The van der Waals surface area contributed by atoms with Gasteiger partial charge in [-0.1, -0.05) is 17.3 Å². The Morgan fingerprint density at radius 3 is 2.65 bits per heavy atom. The van der Waals surface area contributed by atoms with Gasteiger partial charge in [0.15, 0.2) is 6.10 Å². The molecule has 2 heterocycles. The van der Waals surface area contributed by atoms with Crippen molar-refractivity contribution in [2.45, 2.75) is 39.3 Å². The number of anilines is 2. The zero-order valence-electron chi connectivity index (χ0n) is 14.9. The minimum absolute atomic E-state index is 0.0850. The summed E-state index contributed by atoms with van der Waals surface area (Å²) in [7, 11) is 0. The molecule has 0 saturated carbocycles. The van der Waals surface area contributed by atoms with Gasteiger partial charge in [-0.3, -0.25) is 14.5 Å². The Balaban J connectivity index is 1.87. The predicted octanol–water partition coefficient (Wildman–Crippen LogP) is 2.29. The van der Waals surface area contributed by atoms with Gasteiger partial charge in [-0.15, -0.1) is 0 Å². The van der Waals surface area contributed by atoms with Crippen LogP contribution in [0, 0.1) is 6.92 Å². The Bertz CT molecular complexity index is 886. The fourth-order valence-electron chi connectivity index (χ4n) is 2.76. The van der Waals surface area contributed by atoms with E-state index in [1.807, 2.05) is 0 Å². The van der Waals surface area contributed by atoms with Gasteiger partial charge in [-0.05, 0) is 39.8 Å². The molecule has 0 fully saturated rings. The summed E-state index contributed by atoms with van der Waals surface area (Å²) in [6, 6.07) is 8.38. The molecule has 0 radical (unpaired) electrons. The maximum Gasteiger partial charge on any atom is 0.377 e. The molecule has 3 rings (SSSR count). The van der Waals surface area contributed by atoms with Crippen LogP contribution in [0.3, 0.4) is 0 Å². The highest BCUT2D eigenvalue weighted by atomic mass is 16.6. The molecule has 8 heteroatoms. The minimum Gasteiger partial charge on any atom is -0.447 e. The molecular weight excluding hydrogens is 338 g/mol. The number of hydrogen-bond acceptors (Lipinski definition) is 6. The predicted molar refractivity (Wildman–Crippen MR) is 92.8 cm³/mol. The van der Waals surface area contributed by atoms with Crippen molar-refractivity contribution in [1.82, 2.24) is 5.16 Å². The molecule has 1 aromatic carbocycles. The van der Waals surface area contributed by atoms with E-state index >= 15 is 0 Å². The molecule has 2 aromatic rings. The second-order valence-corrected chi connectivity index (χ2v) is 6.58. The van der Waals surface area contributed by atoms with E-state index in [4.69, 9.17) is 9.26 Å². The SMILES string of the molecule is Cc1cc(C(=O)O[C@H](C)C(=O)N2c3ccccc3NC(=O)C2(C)C)on1. The summed E-state index contributed by atoms with van der Waals surface area (Å²) in [6.07, 6.45) is -1.12. The summed E-state index contributed by atoms with van der Waals surface area (Å²) in [5.74, 6) is -1.71. The Morgan fingerprint density at radius 1 is 1.31 bits per heavy atom. The summed E-state index contributed by atoms with van der Waals surface area (Å²) in [6.45, 7) is 6.38. The molecule has 0 aliphatic carbocycles. The maximum absolute atomic E-state index is 13.0. The molecule has 0 unspecified atom stereocenters. The van der Waals surface area contributed by atoms with Gasteiger partial charge in [-0.25, -0.2) is 4.79 Å². The number of ether oxygens (including phenoxy) is 1. The largest absolute Gasteiger partial charge is 0.447 e. The van der Waals surface area contributed by atoms with Gasteiger partial charge >= 0.3 is 5.97 Å². The van der Waals surface area contributed by atoms with E-state index in [0.717, 1.165) is 0 Å². The lowest BCUT2D eigenvalue weighted by Gasteiger charge is -2.42. The molecule has 0 bridgehead atoms. The highest BCUT2D eigenvalue weighted by Gasteiger charge is 2.45. The topological polar surface area (TPSA) is 102 Å². The number of benzene rings is 1. The fraction of sp³-hybridized carbons (Fsp3) is 0.333. The molecule has 0 spiro atoms. The van der Waals surface area contributed by atoms with Gasteiger partial charge in [0.2, 0.25) is 11.7 Å². The van der Waals surface area contributed by atoms with E-state index in [0.29, 0.717) is 17.1 Å². The number of aromatic nitrogens is 1. The number of carbonyl (C=O) groups excluding carboxylic acids is 3. The molecule has 8 nitrogen and oxygen atoms in total. The lowest BCUT2D eigenvalue weighted by atomic mass is 9.95. The number of hydrogen-bond donors (Lipinski definition) is 1. The van der Waals surface area contributed by atoms with Gasteiger partial charge in [0.25, 0.3) is 5.91 Å². The summed E-state index contributed by atoms with van der Waals surface area (Å²) >= 11 is 0. The van der Waals surface area contributed by atoms with Gasteiger partial charge < -0.3 is 14.6 Å². The smallest absolute Gasteiger partial charge is 0.377 e. The molecule has 26 heavy (non-hydrogen) atoms. The van der Waals surface area contributed by atoms with Gasteiger partial charge in [0.05, 0.1) is 17.1 Å². The van der Waals surface area contributed by atoms with E-state index in [1.54, 1.807) is 45.0 Å². The second kappa shape index (κ2) is 6.29. The van der Waals surface area contributed by atoms with Crippen LogP contribution < -0.4 is 10.2 Å². The third-order valence-electron chi connectivity index (χ3n) is 4.19. The second-order valence-electron chi connectivity index (χ2n) is 6.58. The van der Waals surface area contributed by atoms with Crippen LogP contribution in [0.5, 0.6) is 0 Å². The summed E-state index contributed by atoms with van der Waals surface area (Å²) in [5, 5.41) is 6.40. The monoisotopic (exact) mass is 357 g/mol. The number of para-hydroxylation sites is 2. The zero-order chi connectivity index (χ0) is 19.1. The number of fused-ring (bicyclic) bond motifs is 1. The molecule has 1 aliphatic rings. The van der Waals surface area contributed by atoms with Crippen molar-refractivity contribution in [2.24, 2.45) is 0 Å². The molecule has 0 saturated heterocycles. The first-order valence-corrected chi connectivity index (χ1v) is 8.10. The normalized spacial score (nSPS) is 16.5. The quantitative estimate of drug-likeness (QED) is 0.846. The van der Waals surface area contributed by atoms with Crippen LogP contribution in [0.1, 0.15) is 37.0 Å². The van der Waals surface area contributed by atoms with E-state index in [9.17, 15) is 14.4 Å². The molecular formula is C18H19N3O5. The molecule has 136 valence electrons. The maximum atomic E-state index is 13.0. The first kappa shape index (κ1) is 17.7. The Hall–Kier alpha value is -3.16. The molecule has 2 amide bonds. The lowest BCUT2D eigenvalue weighted by Crippen LogP contribution is -2.60. The lowest BCUT2D eigenvalue weighted by molar-refractivity contribution is -0.131. The van der Waals surface area contributed by atoms with Crippen molar-refractivity contribution in [3.05, 3.63) is 41.8 Å². The number of rotatable bonds is 3. The van der Waals surface area contributed by atoms with E-state index < -0.39 is 23.5 Å². The molecule has 1 aromatic heterocycles. The van der Waals surface area contributed by atoms with Crippen LogP contribution in [-0.2, 0) is 14.3 Å². The summed E-state index contributed by atoms with van der Waals surface area (Å²) in [5.41, 5.74) is 0.448. The van der Waals surface area contributed by atoms with Crippen LogP contribution in [-0.4, -0.2) is 34.6 Å². The standard InChI is InChI=1S/C18H19N3O5/c1-10-9-14(26-20-10)16(23)25-11(2)15(22)21-13-8-6-5-7-12(13)19-17(24)18(21,3)4/h5-9,11H,1-4H3,(H,19,24)/t11-/m1/s1. The van der Waals surface area contributed by atoms with Crippen molar-refractivity contribution in [3.63, 3.8) is 0 Å². The number of esters is 1. The molecule has 1 aliphatic heterocycles. The Labute approximate surface area is 150 Å². The van der Waals surface area contributed by atoms with E-state index in [-0.39, 0.29) is 11.7 Å². The summed E-state index contributed by atoms with van der Waals surface area (Å²) in [4.78, 5) is 38.9.